The van der Waals surface area contributed by atoms with Crippen molar-refractivity contribution in [3.05, 3.63) is 11.6 Å². The predicted octanol–water partition coefficient (Wildman–Crippen LogP) is 1.04. The quantitative estimate of drug-likeness (QED) is 0.566. The van der Waals surface area contributed by atoms with Crippen molar-refractivity contribution >= 4 is 5.96 Å². The first-order valence-corrected chi connectivity index (χ1v) is 9.15. The number of fused-ring (bicyclic) bond motifs is 1. The lowest BCUT2D eigenvalue weighted by Crippen LogP contribution is -2.48. The van der Waals surface area contributed by atoms with Gasteiger partial charge in [0.15, 0.2) is 5.96 Å². The van der Waals surface area contributed by atoms with E-state index < -0.39 is 0 Å². The third kappa shape index (κ3) is 3.71. The average molecular weight is 334 g/mol. The van der Waals surface area contributed by atoms with Gasteiger partial charge in [0.05, 0.1) is 6.10 Å². The number of aliphatic imine (C=N–C) groups is 1. The lowest BCUT2D eigenvalue weighted by molar-refractivity contribution is 0.134. The molecular weight excluding hydrogens is 304 g/mol. The summed E-state index contributed by atoms with van der Waals surface area (Å²) in [5.74, 6) is 3.70. The Morgan fingerprint density at radius 1 is 1.33 bits per heavy atom. The van der Waals surface area contributed by atoms with Crippen molar-refractivity contribution in [3.63, 3.8) is 0 Å². The molecule has 3 N–H and O–H groups in total. The molecule has 1 aromatic rings. The molecular formula is C17H30N6O. The van der Waals surface area contributed by atoms with Gasteiger partial charge in [-0.05, 0) is 19.3 Å². The van der Waals surface area contributed by atoms with Crippen molar-refractivity contribution in [2.75, 3.05) is 13.6 Å². The van der Waals surface area contributed by atoms with Gasteiger partial charge in [-0.25, -0.2) is 0 Å². The number of aryl methyl sites for hydroxylation is 1. The van der Waals surface area contributed by atoms with Crippen LogP contribution in [0.3, 0.4) is 0 Å². The van der Waals surface area contributed by atoms with Crippen LogP contribution >= 0.6 is 0 Å². The number of hydrogen-bond acceptors (Lipinski definition) is 4. The van der Waals surface area contributed by atoms with Crippen LogP contribution in [0.15, 0.2) is 4.99 Å². The fraction of sp³-hybridized carbons (Fsp3) is 0.824. The average Bonchev–Trinajstić information content (AvgIpc) is 3.17. The Bertz CT molecular complexity index is 582. The third-order valence-corrected chi connectivity index (χ3v) is 5.21. The van der Waals surface area contributed by atoms with E-state index in [9.17, 15) is 5.11 Å². The molecule has 7 nitrogen and oxygen atoms in total. The van der Waals surface area contributed by atoms with Crippen molar-refractivity contribution in [2.45, 2.75) is 70.6 Å². The van der Waals surface area contributed by atoms with Crippen molar-refractivity contribution in [3.8, 4) is 0 Å². The molecule has 1 saturated carbocycles. The van der Waals surface area contributed by atoms with Gasteiger partial charge in [0, 0.05) is 44.4 Å². The molecule has 2 heterocycles. The molecule has 1 fully saturated rings. The normalized spacial score (nSPS) is 27.4. The van der Waals surface area contributed by atoms with Crippen LogP contribution in [0.5, 0.6) is 0 Å². The predicted molar refractivity (Wildman–Crippen MR) is 94.1 cm³/mol. The molecule has 3 atom stereocenters. The van der Waals surface area contributed by atoms with E-state index in [4.69, 9.17) is 0 Å². The molecule has 24 heavy (non-hydrogen) atoms. The second-order valence-corrected chi connectivity index (χ2v) is 7.33. The van der Waals surface area contributed by atoms with Crippen LogP contribution in [-0.4, -0.2) is 51.6 Å². The van der Waals surface area contributed by atoms with Crippen LogP contribution in [0, 0.1) is 5.92 Å². The summed E-state index contributed by atoms with van der Waals surface area (Å²) >= 11 is 0. The van der Waals surface area contributed by atoms with E-state index >= 15 is 0 Å². The number of aliphatic hydroxyl groups is 1. The lowest BCUT2D eigenvalue weighted by atomic mass is 10.1. The Morgan fingerprint density at radius 3 is 2.83 bits per heavy atom. The Labute approximate surface area is 144 Å². The molecule has 3 rings (SSSR count). The zero-order valence-electron chi connectivity index (χ0n) is 15.0. The molecule has 0 radical (unpaired) electrons. The van der Waals surface area contributed by atoms with E-state index in [0.717, 1.165) is 62.8 Å². The second-order valence-electron chi connectivity index (χ2n) is 7.33. The molecule has 0 saturated heterocycles. The summed E-state index contributed by atoms with van der Waals surface area (Å²) in [6, 6.07) is 0.325. The number of rotatable bonds is 4. The van der Waals surface area contributed by atoms with Crippen LogP contribution in [0.2, 0.25) is 0 Å². The maximum Gasteiger partial charge on any atom is 0.191 e. The molecule has 0 bridgehead atoms. The van der Waals surface area contributed by atoms with Gasteiger partial charge >= 0.3 is 0 Å². The first-order valence-electron chi connectivity index (χ1n) is 9.15. The van der Waals surface area contributed by atoms with Crippen LogP contribution in [0.1, 0.15) is 57.1 Å². The molecule has 3 unspecified atom stereocenters. The summed E-state index contributed by atoms with van der Waals surface area (Å²) in [6.07, 6.45) is 4.94. The highest BCUT2D eigenvalue weighted by Crippen LogP contribution is 2.24. The monoisotopic (exact) mass is 334 g/mol. The Hall–Kier alpha value is -1.63. The summed E-state index contributed by atoms with van der Waals surface area (Å²) in [4.78, 5) is 4.34. The number of aromatic nitrogens is 3. The van der Waals surface area contributed by atoms with Crippen molar-refractivity contribution < 1.29 is 5.11 Å². The number of nitrogens with zero attached hydrogens (tertiary/aromatic N) is 4. The van der Waals surface area contributed by atoms with Crippen LogP contribution in [-0.2, 0) is 13.0 Å². The van der Waals surface area contributed by atoms with E-state index in [1.807, 2.05) is 0 Å². The number of nitrogens with one attached hydrogen (secondary N) is 2. The number of aliphatic hydroxyl groups excluding tert-OH is 1. The van der Waals surface area contributed by atoms with E-state index in [1.165, 1.54) is 0 Å². The van der Waals surface area contributed by atoms with Gasteiger partial charge in [-0.1, -0.05) is 20.3 Å². The highest BCUT2D eigenvalue weighted by Gasteiger charge is 2.27. The molecule has 2 aliphatic rings. The molecule has 1 aliphatic heterocycles. The van der Waals surface area contributed by atoms with Crippen molar-refractivity contribution in [1.82, 2.24) is 25.4 Å². The SMILES string of the molecule is CN=C(NCC1CCCC1O)NC1CCc2nnc(C(C)C)n2C1. The van der Waals surface area contributed by atoms with Gasteiger partial charge in [-0.2, -0.15) is 0 Å². The lowest BCUT2D eigenvalue weighted by Gasteiger charge is -2.28. The zero-order chi connectivity index (χ0) is 17.1. The van der Waals surface area contributed by atoms with Crippen LogP contribution in [0.4, 0.5) is 0 Å². The first kappa shape index (κ1) is 17.2. The zero-order valence-corrected chi connectivity index (χ0v) is 15.0. The van der Waals surface area contributed by atoms with Gasteiger partial charge in [0.1, 0.15) is 11.6 Å². The van der Waals surface area contributed by atoms with Crippen LogP contribution in [0.25, 0.3) is 0 Å². The first-order chi connectivity index (χ1) is 11.6. The topological polar surface area (TPSA) is 87.4 Å². The molecule has 0 aromatic carbocycles. The summed E-state index contributed by atoms with van der Waals surface area (Å²) in [6.45, 7) is 5.97. The fourth-order valence-electron chi connectivity index (χ4n) is 3.76. The van der Waals surface area contributed by atoms with Gasteiger partial charge in [0.25, 0.3) is 0 Å². The van der Waals surface area contributed by atoms with Gasteiger partial charge in [0.2, 0.25) is 0 Å². The Morgan fingerprint density at radius 2 is 2.17 bits per heavy atom. The number of hydrogen-bond donors (Lipinski definition) is 3. The van der Waals surface area contributed by atoms with Crippen molar-refractivity contribution in [2.24, 2.45) is 10.9 Å². The minimum absolute atomic E-state index is 0.168. The minimum atomic E-state index is -0.168. The highest BCUT2D eigenvalue weighted by molar-refractivity contribution is 5.79. The van der Waals surface area contributed by atoms with E-state index in [0.29, 0.717) is 17.9 Å². The summed E-state index contributed by atoms with van der Waals surface area (Å²) in [5, 5.41) is 25.5. The van der Waals surface area contributed by atoms with Gasteiger partial charge < -0.3 is 20.3 Å². The Kier molecular flexibility index (Phi) is 5.38. The standard InChI is InChI=1S/C17H30N6O/c1-11(2)16-22-21-15-8-7-13(10-23(15)16)20-17(18-3)19-9-12-5-4-6-14(12)24/h11-14,24H,4-10H2,1-3H3,(H2,18,19,20). The summed E-state index contributed by atoms with van der Waals surface area (Å²) < 4.78 is 2.25. The summed E-state index contributed by atoms with van der Waals surface area (Å²) in [5.41, 5.74) is 0. The van der Waals surface area contributed by atoms with Crippen molar-refractivity contribution in [1.29, 1.82) is 0 Å². The smallest absolute Gasteiger partial charge is 0.191 e. The molecule has 0 amide bonds. The van der Waals surface area contributed by atoms with E-state index in [2.05, 4.69) is 44.2 Å². The second kappa shape index (κ2) is 7.51. The highest BCUT2D eigenvalue weighted by atomic mass is 16.3. The fourth-order valence-corrected chi connectivity index (χ4v) is 3.76. The van der Waals surface area contributed by atoms with Gasteiger partial charge in [-0.15, -0.1) is 10.2 Å². The summed E-state index contributed by atoms with van der Waals surface area (Å²) in [7, 11) is 1.80. The van der Waals surface area contributed by atoms with Crippen LogP contribution < -0.4 is 10.6 Å². The third-order valence-electron chi connectivity index (χ3n) is 5.21. The minimum Gasteiger partial charge on any atom is -0.393 e. The molecule has 1 aliphatic carbocycles. The van der Waals surface area contributed by atoms with E-state index in [-0.39, 0.29) is 6.10 Å². The Balaban J connectivity index is 1.56. The number of guanidine groups is 1. The molecule has 7 heteroatoms. The van der Waals surface area contributed by atoms with E-state index in [1.54, 1.807) is 7.05 Å². The largest absolute Gasteiger partial charge is 0.393 e. The molecule has 1 aromatic heterocycles. The maximum atomic E-state index is 9.95. The van der Waals surface area contributed by atoms with Gasteiger partial charge in [-0.3, -0.25) is 4.99 Å². The maximum absolute atomic E-state index is 9.95. The molecule has 0 spiro atoms. The molecule has 134 valence electrons.